The van der Waals surface area contributed by atoms with Gasteiger partial charge in [0, 0.05) is 32.2 Å². The van der Waals surface area contributed by atoms with Gasteiger partial charge in [0.2, 0.25) is 10.0 Å². The average molecular weight is 465 g/mol. The molecule has 0 bridgehead atoms. The van der Waals surface area contributed by atoms with Gasteiger partial charge in [0.15, 0.2) is 0 Å². The summed E-state index contributed by atoms with van der Waals surface area (Å²) in [6.45, 7) is 4.97. The minimum atomic E-state index is -3.62. The van der Waals surface area contributed by atoms with E-state index < -0.39 is 10.0 Å². The number of rotatable bonds is 8. The van der Waals surface area contributed by atoms with Gasteiger partial charge in [-0.05, 0) is 55.2 Å². The van der Waals surface area contributed by atoms with E-state index in [0.29, 0.717) is 11.4 Å². The molecule has 0 amide bonds. The molecular formula is C27H32N2O3S. The predicted molar refractivity (Wildman–Crippen MR) is 132 cm³/mol. The van der Waals surface area contributed by atoms with Gasteiger partial charge in [0.25, 0.3) is 0 Å². The monoisotopic (exact) mass is 464 g/mol. The van der Waals surface area contributed by atoms with Crippen LogP contribution in [-0.2, 0) is 23.1 Å². The molecule has 0 atom stereocenters. The van der Waals surface area contributed by atoms with Crippen molar-refractivity contribution in [1.29, 1.82) is 0 Å². The zero-order valence-corrected chi connectivity index (χ0v) is 20.2. The predicted octanol–water partition coefficient (Wildman–Crippen LogP) is 4.86. The number of likely N-dealkylation sites (tertiary alicyclic amines) is 1. The maximum atomic E-state index is 13.7. The van der Waals surface area contributed by atoms with Crippen LogP contribution in [0.5, 0.6) is 5.75 Å². The summed E-state index contributed by atoms with van der Waals surface area (Å²) in [6.07, 6.45) is 1.63. The number of benzene rings is 3. The van der Waals surface area contributed by atoms with Crippen molar-refractivity contribution in [2.75, 3.05) is 20.2 Å². The van der Waals surface area contributed by atoms with Crippen molar-refractivity contribution in [3.63, 3.8) is 0 Å². The van der Waals surface area contributed by atoms with Gasteiger partial charge in [-0.15, -0.1) is 0 Å². The molecule has 1 heterocycles. The Kier molecular flexibility index (Phi) is 7.48. The Morgan fingerprint density at radius 2 is 1.52 bits per heavy atom. The molecule has 0 aromatic heterocycles. The number of ether oxygens (including phenoxy) is 1. The summed E-state index contributed by atoms with van der Waals surface area (Å²) in [4.78, 5) is 2.77. The summed E-state index contributed by atoms with van der Waals surface area (Å²) < 4.78 is 34.4. The summed E-state index contributed by atoms with van der Waals surface area (Å²) in [5, 5.41) is 0. The first kappa shape index (κ1) is 23.5. The molecule has 3 aromatic carbocycles. The molecule has 1 saturated heterocycles. The van der Waals surface area contributed by atoms with Crippen LogP contribution >= 0.6 is 0 Å². The maximum Gasteiger partial charge on any atom is 0.243 e. The van der Waals surface area contributed by atoms with Crippen molar-refractivity contribution in [1.82, 2.24) is 9.21 Å². The molecular weight excluding hydrogens is 432 g/mol. The third-order valence-electron chi connectivity index (χ3n) is 6.34. The van der Waals surface area contributed by atoms with E-state index in [0.717, 1.165) is 49.4 Å². The van der Waals surface area contributed by atoms with Crippen LogP contribution in [0.1, 0.15) is 29.5 Å². The molecule has 33 heavy (non-hydrogen) atoms. The molecule has 5 nitrogen and oxygen atoms in total. The standard InChI is InChI=1S/C27H32N2O3S/c1-22-8-14-27(15-9-22)33(30,31)29(21-24-10-12-26(32-2)13-11-24)25-16-18-28(19-17-25)20-23-6-4-3-5-7-23/h3-15,25H,16-21H2,1-2H3. The molecule has 0 saturated carbocycles. The molecule has 174 valence electrons. The first-order chi connectivity index (χ1) is 16.0. The smallest absolute Gasteiger partial charge is 0.243 e. The topological polar surface area (TPSA) is 49.9 Å². The van der Waals surface area contributed by atoms with Crippen LogP contribution < -0.4 is 4.74 Å². The van der Waals surface area contributed by atoms with E-state index in [1.54, 1.807) is 23.5 Å². The molecule has 0 aliphatic carbocycles. The average Bonchev–Trinajstić information content (AvgIpc) is 2.84. The number of methoxy groups -OCH3 is 1. The molecule has 3 aromatic rings. The van der Waals surface area contributed by atoms with E-state index in [2.05, 4.69) is 29.2 Å². The van der Waals surface area contributed by atoms with E-state index in [1.165, 1.54) is 5.56 Å². The summed E-state index contributed by atoms with van der Waals surface area (Å²) >= 11 is 0. The highest BCUT2D eigenvalue weighted by atomic mass is 32.2. The lowest BCUT2D eigenvalue weighted by molar-refractivity contribution is 0.150. The van der Waals surface area contributed by atoms with Crippen molar-refractivity contribution >= 4 is 10.0 Å². The first-order valence-electron chi connectivity index (χ1n) is 11.4. The molecule has 0 unspecified atom stereocenters. The van der Waals surface area contributed by atoms with Crippen LogP contribution in [0.2, 0.25) is 0 Å². The number of hydrogen-bond donors (Lipinski definition) is 0. The fourth-order valence-corrected chi connectivity index (χ4v) is 6.05. The van der Waals surface area contributed by atoms with Gasteiger partial charge in [-0.3, -0.25) is 4.90 Å². The molecule has 0 radical (unpaired) electrons. The lowest BCUT2D eigenvalue weighted by atomic mass is 10.0. The van der Waals surface area contributed by atoms with Crippen LogP contribution in [0, 0.1) is 6.92 Å². The molecule has 0 spiro atoms. The van der Waals surface area contributed by atoms with Gasteiger partial charge in [0.05, 0.1) is 12.0 Å². The first-order valence-corrected chi connectivity index (χ1v) is 12.9. The third kappa shape index (κ3) is 5.82. The van der Waals surface area contributed by atoms with E-state index in [9.17, 15) is 8.42 Å². The minimum Gasteiger partial charge on any atom is -0.497 e. The summed E-state index contributed by atoms with van der Waals surface area (Å²) in [5.74, 6) is 0.765. The Balaban J connectivity index is 1.54. The van der Waals surface area contributed by atoms with Crippen molar-refractivity contribution < 1.29 is 13.2 Å². The van der Waals surface area contributed by atoms with Crippen LogP contribution in [-0.4, -0.2) is 43.9 Å². The highest BCUT2D eigenvalue weighted by Gasteiger charge is 2.34. The van der Waals surface area contributed by atoms with Gasteiger partial charge in [-0.2, -0.15) is 4.31 Å². The lowest BCUT2D eigenvalue weighted by Crippen LogP contribution is -2.46. The van der Waals surface area contributed by atoms with Gasteiger partial charge >= 0.3 is 0 Å². The van der Waals surface area contributed by atoms with Crippen molar-refractivity contribution in [2.24, 2.45) is 0 Å². The zero-order chi connectivity index (χ0) is 23.3. The van der Waals surface area contributed by atoms with Crippen LogP contribution in [0.4, 0.5) is 0 Å². The quantitative estimate of drug-likeness (QED) is 0.478. The normalized spacial score (nSPS) is 15.6. The Hall–Kier alpha value is -2.67. The highest BCUT2D eigenvalue weighted by Crippen LogP contribution is 2.28. The molecule has 1 fully saturated rings. The maximum absolute atomic E-state index is 13.7. The van der Waals surface area contributed by atoms with E-state index in [1.807, 2.05) is 49.4 Å². The third-order valence-corrected chi connectivity index (χ3v) is 8.25. The van der Waals surface area contributed by atoms with E-state index in [-0.39, 0.29) is 6.04 Å². The second kappa shape index (κ2) is 10.5. The van der Waals surface area contributed by atoms with Gasteiger partial charge in [-0.25, -0.2) is 8.42 Å². The minimum absolute atomic E-state index is 0.0366. The second-order valence-electron chi connectivity index (χ2n) is 8.70. The molecule has 0 N–H and O–H groups in total. The van der Waals surface area contributed by atoms with E-state index in [4.69, 9.17) is 4.74 Å². The SMILES string of the molecule is COc1ccc(CN(C2CCN(Cc3ccccc3)CC2)S(=O)(=O)c2ccc(C)cc2)cc1. The highest BCUT2D eigenvalue weighted by molar-refractivity contribution is 7.89. The fraction of sp³-hybridized carbons (Fsp3) is 0.333. The second-order valence-corrected chi connectivity index (χ2v) is 10.6. The number of piperidine rings is 1. The molecule has 1 aliphatic heterocycles. The fourth-order valence-electron chi connectivity index (χ4n) is 4.37. The Morgan fingerprint density at radius 1 is 0.879 bits per heavy atom. The van der Waals surface area contributed by atoms with Crippen LogP contribution in [0.15, 0.2) is 83.8 Å². The van der Waals surface area contributed by atoms with E-state index >= 15 is 0 Å². The van der Waals surface area contributed by atoms with Crippen LogP contribution in [0.3, 0.4) is 0 Å². The molecule has 4 rings (SSSR count). The summed E-state index contributed by atoms with van der Waals surface area (Å²) in [7, 11) is -1.99. The number of nitrogens with zero attached hydrogens (tertiary/aromatic N) is 2. The Morgan fingerprint density at radius 3 is 2.12 bits per heavy atom. The number of hydrogen-bond acceptors (Lipinski definition) is 4. The molecule has 1 aliphatic rings. The lowest BCUT2D eigenvalue weighted by Gasteiger charge is -2.38. The summed E-state index contributed by atoms with van der Waals surface area (Å²) in [6, 6.07) is 25.2. The van der Waals surface area contributed by atoms with Gasteiger partial charge < -0.3 is 4.74 Å². The summed E-state index contributed by atoms with van der Waals surface area (Å²) in [5.41, 5.74) is 3.29. The van der Waals surface area contributed by atoms with Crippen LogP contribution in [0.25, 0.3) is 0 Å². The van der Waals surface area contributed by atoms with Gasteiger partial charge in [0.1, 0.15) is 5.75 Å². The van der Waals surface area contributed by atoms with Gasteiger partial charge in [-0.1, -0.05) is 60.2 Å². The largest absolute Gasteiger partial charge is 0.497 e. The van der Waals surface area contributed by atoms with Crippen molar-refractivity contribution in [3.05, 3.63) is 95.6 Å². The van der Waals surface area contributed by atoms with Crippen molar-refractivity contribution in [2.45, 2.75) is 43.8 Å². The molecule has 6 heteroatoms. The Labute approximate surface area is 197 Å². The Bertz CT molecular complexity index is 1120. The number of aryl methyl sites for hydroxylation is 1. The van der Waals surface area contributed by atoms with Crippen molar-refractivity contribution in [3.8, 4) is 5.75 Å². The zero-order valence-electron chi connectivity index (χ0n) is 19.4. The number of sulfonamides is 1.